The molecule has 38 heavy (non-hydrogen) atoms. The zero-order valence-electron chi connectivity index (χ0n) is 21.4. The molecule has 1 aromatic carbocycles. The highest BCUT2D eigenvalue weighted by atomic mass is 31.2. The van der Waals surface area contributed by atoms with E-state index >= 15 is 0 Å². The molecule has 1 saturated carbocycles. The van der Waals surface area contributed by atoms with Crippen LogP contribution in [0.15, 0.2) is 24.5 Å². The number of carbonyl (C=O) groups excluding carboxylic acids is 1. The van der Waals surface area contributed by atoms with E-state index in [2.05, 4.69) is 30.9 Å². The molecule has 0 unspecified atom stereocenters. The summed E-state index contributed by atoms with van der Waals surface area (Å²) in [6, 6.07) is 3.46. The van der Waals surface area contributed by atoms with Crippen molar-refractivity contribution in [2.24, 2.45) is 0 Å². The Morgan fingerprint density at radius 1 is 1.03 bits per heavy atom. The molecular weight excluding hydrogens is 516 g/mol. The summed E-state index contributed by atoms with van der Waals surface area (Å²) >= 11 is 0. The quantitative estimate of drug-likeness (QED) is 0.327. The number of benzene rings is 1. The number of H-pyrrole nitrogens is 1. The molecule has 0 spiro atoms. The number of anilines is 1. The lowest BCUT2D eigenvalue weighted by atomic mass is 9.91. The molecule has 4 heterocycles. The molecule has 1 amide bonds. The normalized spacial score (nSPS) is 21.4. The van der Waals surface area contributed by atoms with Gasteiger partial charge in [-0.15, -0.1) is 0 Å². The molecule has 8 nitrogen and oxygen atoms in total. The van der Waals surface area contributed by atoms with Crippen LogP contribution in [0.4, 0.5) is 19.1 Å². The topological polar surface area (TPSA) is 112 Å². The van der Waals surface area contributed by atoms with Gasteiger partial charge in [-0.05, 0) is 64.5 Å². The summed E-state index contributed by atoms with van der Waals surface area (Å²) < 4.78 is 55.6. The number of rotatable bonds is 1. The van der Waals surface area contributed by atoms with Crippen molar-refractivity contribution in [1.82, 2.24) is 25.6 Å². The summed E-state index contributed by atoms with van der Waals surface area (Å²) in [5, 5.41) is 10.5. The van der Waals surface area contributed by atoms with Crippen molar-refractivity contribution >= 4 is 35.2 Å². The molecule has 0 radical (unpaired) electrons. The molecule has 3 aromatic rings. The highest BCUT2D eigenvalue weighted by Gasteiger charge is 2.37. The molecule has 0 saturated heterocycles. The Morgan fingerprint density at radius 3 is 2.55 bits per heavy atom. The Labute approximate surface area is 219 Å². The monoisotopic (exact) mass is 548 g/mol. The molecule has 3 aliphatic rings. The fourth-order valence-electron chi connectivity index (χ4n) is 5.53. The predicted octanol–water partition coefficient (Wildman–Crippen LogP) is 4.73. The third-order valence-electron chi connectivity index (χ3n) is 7.29. The first-order chi connectivity index (χ1) is 18.0. The molecule has 4 N–H and O–H groups in total. The molecule has 2 atom stereocenters. The number of hydrogen-bond acceptors (Lipinski definition) is 6. The smallest absolute Gasteiger partial charge is 0.360 e. The van der Waals surface area contributed by atoms with Gasteiger partial charge in [0.2, 0.25) is 5.95 Å². The van der Waals surface area contributed by atoms with Crippen LogP contribution >= 0.6 is 7.14 Å². The van der Waals surface area contributed by atoms with Gasteiger partial charge < -0.3 is 25.5 Å². The minimum absolute atomic E-state index is 0.0374. The molecule has 6 rings (SSSR count). The molecule has 2 aliphatic heterocycles. The average Bonchev–Trinajstić information content (AvgIpc) is 3.27. The zero-order chi connectivity index (χ0) is 27.1. The average molecular weight is 549 g/mol. The van der Waals surface area contributed by atoms with Crippen molar-refractivity contribution in [3.8, 4) is 11.3 Å². The summed E-state index contributed by atoms with van der Waals surface area (Å²) in [4.78, 5) is 24.5. The first-order valence-corrected chi connectivity index (χ1v) is 15.5. The van der Waals surface area contributed by atoms with Crippen molar-refractivity contribution in [1.29, 1.82) is 0 Å². The molecule has 12 heteroatoms. The standard InChI is InChI=1S/C26H32F3N6O2P/c1-38(2,37)23-18-9-8-17-19(13-32-22(17)23)21-20(26(27,28)29)14-33-25(35-21)34-16-7-5-6-15(12-16)30-10-3-4-11-31-24(18)36/h8-9,13-16,30,32H,3-7,10-12H2,1-2H3,(H,31,36)(H,33,34,35)/t15-,16-/m0/s1. The van der Waals surface area contributed by atoms with Crippen molar-refractivity contribution in [3.63, 3.8) is 0 Å². The van der Waals surface area contributed by atoms with E-state index in [1.165, 1.54) is 12.3 Å². The highest BCUT2D eigenvalue weighted by Crippen LogP contribution is 2.43. The first kappa shape index (κ1) is 26.7. The van der Waals surface area contributed by atoms with Crippen molar-refractivity contribution < 1.29 is 22.5 Å². The Bertz CT molecular complexity index is 1400. The lowest BCUT2D eigenvalue weighted by Gasteiger charge is -2.30. The van der Waals surface area contributed by atoms with Crippen LogP contribution in [0.3, 0.4) is 0 Å². The number of nitrogens with zero attached hydrogens (tertiary/aromatic N) is 2. The summed E-state index contributed by atoms with van der Waals surface area (Å²) in [5.74, 6) is -0.216. The number of halogens is 3. The van der Waals surface area contributed by atoms with E-state index in [4.69, 9.17) is 0 Å². The minimum Gasteiger partial charge on any atom is -0.360 e. The van der Waals surface area contributed by atoms with Crippen LogP contribution in [0.5, 0.6) is 0 Å². The van der Waals surface area contributed by atoms with Crippen LogP contribution in [0, 0.1) is 0 Å². The minimum atomic E-state index is -4.68. The van der Waals surface area contributed by atoms with E-state index in [1.807, 2.05) is 0 Å². The SMILES string of the molecule is CP(C)(=O)c1c2ccc3c(c[nH]c13)-c1nc(ncc1C(F)(F)F)N[C@H]1CCC[C@@H](C1)NCCCCNC2=O. The second-order valence-corrected chi connectivity index (χ2v) is 13.7. The fourth-order valence-corrected chi connectivity index (χ4v) is 7.01. The lowest BCUT2D eigenvalue weighted by Crippen LogP contribution is -2.39. The van der Waals surface area contributed by atoms with Crippen molar-refractivity contribution in [2.75, 3.05) is 31.7 Å². The number of alkyl halides is 3. The van der Waals surface area contributed by atoms with Gasteiger partial charge in [-0.1, -0.05) is 6.07 Å². The molecule has 1 aliphatic carbocycles. The van der Waals surface area contributed by atoms with Gasteiger partial charge in [-0.3, -0.25) is 4.79 Å². The molecule has 2 aromatic heterocycles. The molecular formula is C26H32F3N6O2P. The largest absolute Gasteiger partial charge is 0.419 e. The number of aromatic nitrogens is 3. The van der Waals surface area contributed by atoms with Gasteiger partial charge in [0.05, 0.1) is 16.8 Å². The summed E-state index contributed by atoms with van der Waals surface area (Å²) in [6.07, 6.45) is 2.95. The number of fused-ring (bicyclic) bond motifs is 7. The van der Waals surface area contributed by atoms with E-state index in [-0.39, 0.29) is 40.8 Å². The Hall–Kier alpha value is -2.91. The van der Waals surface area contributed by atoms with Crippen LogP contribution in [0.2, 0.25) is 0 Å². The second kappa shape index (κ2) is 10.3. The second-order valence-electron chi connectivity index (χ2n) is 10.5. The molecule has 1 fully saturated rings. The van der Waals surface area contributed by atoms with Crippen molar-refractivity contribution in [2.45, 2.75) is 56.8 Å². The summed E-state index contributed by atoms with van der Waals surface area (Å²) in [6.45, 7) is 4.37. The van der Waals surface area contributed by atoms with Crippen LogP contribution in [0.25, 0.3) is 22.2 Å². The summed E-state index contributed by atoms with van der Waals surface area (Å²) in [7, 11) is -3.02. The zero-order valence-corrected chi connectivity index (χ0v) is 22.3. The van der Waals surface area contributed by atoms with Gasteiger partial charge >= 0.3 is 6.18 Å². The predicted molar refractivity (Wildman–Crippen MR) is 143 cm³/mol. The Kier molecular flexibility index (Phi) is 7.26. The van der Waals surface area contributed by atoms with Gasteiger partial charge in [0.1, 0.15) is 12.7 Å². The van der Waals surface area contributed by atoms with E-state index in [9.17, 15) is 22.5 Å². The Morgan fingerprint density at radius 2 is 1.79 bits per heavy atom. The molecule has 8 bridgehead atoms. The van der Waals surface area contributed by atoms with Crippen molar-refractivity contribution in [3.05, 3.63) is 35.7 Å². The van der Waals surface area contributed by atoms with Gasteiger partial charge in [0.25, 0.3) is 5.91 Å². The van der Waals surface area contributed by atoms with Crippen LogP contribution in [-0.2, 0) is 10.7 Å². The van der Waals surface area contributed by atoms with E-state index in [0.717, 1.165) is 51.3 Å². The van der Waals surface area contributed by atoms with Crippen LogP contribution < -0.4 is 21.3 Å². The summed E-state index contributed by atoms with van der Waals surface area (Å²) in [5.41, 5.74) is -0.391. The van der Waals surface area contributed by atoms with Gasteiger partial charge in [-0.25, -0.2) is 9.97 Å². The third-order valence-corrected chi connectivity index (χ3v) is 8.83. The maximum Gasteiger partial charge on any atom is 0.419 e. The van der Waals surface area contributed by atoms with E-state index in [0.29, 0.717) is 22.8 Å². The lowest BCUT2D eigenvalue weighted by molar-refractivity contribution is -0.137. The van der Waals surface area contributed by atoms with Crippen LogP contribution in [0.1, 0.15) is 54.4 Å². The number of nitrogens with one attached hydrogen (secondary N) is 4. The fraction of sp³-hybridized carbons (Fsp3) is 0.500. The van der Waals surface area contributed by atoms with Gasteiger partial charge in [0.15, 0.2) is 0 Å². The number of carbonyl (C=O) groups is 1. The van der Waals surface area contributed by atoms with E-state index < -0.39 is 18.9 Å². The van der Waals surface area contributed by atoms with Crippen LogP contribution in [-0.4, -0.2) is 59.4 Å². The molecule has 204 valence electrons. The first-order valence-electron chi connectivity index (χ1n) is 12.9. The maximum atomic E-state index is 14.1. The highest BCUT2D eigenvalue weighted by molar-refractivity contribution is 7.70. The number of hydrogen-bond donors (Lipinski definition) is 4. The van der Waals surface area contributed by atoms with Gasteiger partial charge in [-0.2, -0.15) is 13.2 Å². The number of amides is 1. The Balaban J connectivity index is 1.68. The maximum absolute atomic E-state index is 14.1. The third kappa shape index (κ3) is 5.45. The number of aromatic amines is 1. The van der Waals surface area contributed by atoms with E-state index in [1.54, 1.807) is 19.4 Å². The van der Waals surface area contributed by atoms with Gasteiger partial charge in [0, 0.05) is 47.3 Å².